The van der Waals surface area contributed by atoms with Gasteiger partial charge in [-0.1, -0.05) is 152 Å². The molecule has 0 saturated heterocycles. The van der Waals surface area contributed by atoms with Gasteiger partial charge in [0.15, 0.2) is 0 Å². The maximum Gasteiger partial charge on any atom is 0.0476 e. The summed E-state index contributed by atoms with van der Waals surface area (Å²) in [5, 5.41) is 5.01. The van der Waals surface area contributed by atoms with Crippen molar-refractivity contribution in [2.24, 2.45) is 0 Å². The third-order valence-electron chi connectivity index (χ3n) is 13.4. The van der Waals surface area contributed by atoms with E-state index in [1.54, 1.807) is 0 Å². The zero-order chi connectivity index (χ0) is 47.1. The van der Waals surface area contributed by atoms with E-state index < -0.39 is 0 Å². The van der Waals surface area contributed by atoms with Crippen LogP contribution in [-0.2, 0) is 0 Å². The Morgan fingerprint density at radius 1 is 0.183 bits per heavy atom. The molecule has 3 nitrogen and oxygen atoms in total. The number of fused-ring (bicyclic) bond motifs is 6. The molecule has 0 radical (unpaired) electrons. The van der Waals surface area contributed by atoms with Crippen LogP contribution >= 0.6 is 22.7 Å². The highest BCUT2D eigenvalue weighted by atomic mass is 32.1. The van der Waals surface area contributed by atoms with Crippen LogP contribution in [0.25, 0.3) is 62.6 Å². The van der Waals surface area contributed by atoms with E-state index >= 15 is 0 Å². The monoisotopic (exact) mass is 943 g/mol. The van der Waals surface area contributed by atoms with Gasteiger partial charge in [-0.25, -0.2) is 0 Å². The Labute approximate surface area is 421 Å². The van der Waals surface area contributed by atoms with E-state index in [0.717, 1.165) is 51.2 Å². The smallest absolute Gasteiger partial charge is 0.0476 e. The van der Waals surface area contributed by atoms with Crippen molar-refractivity contribution in [3.8, 4) is 22.3 Å². The predicted octanol–water partition coefficient (Wildman–Crippen LogP) is 20.2. The van der Waals surface area contributed by atoms with Gasteiger partial charge in [-0.15, -0.1) is 22.7 Å². The molecule has 5 heteroatoms. The third-order valence-corrected chi connectivity index (χ3v) is 15.7. The Hall–Kier alpha value is -8.74. The van der Waals surface area contributed by atoms with Crippen molar-refractivity contribution in [3.05, 3.63) is 273 Å². The van der Waals surface area contributed by atoms with E-state index in [1.165, 1.54) is 62.6 Å². The molecule has 0 atom stereocenters. The lowest BCUT2D eigenvalue weighted by Gasteiger charge is -2.26. The SMILES string of the molecule is c1ccc(-c2ccc(N(c3ccccc3)c3ccc4c(c3)sc3ccc(N(c5ccccc5)c5ccc6c(c5)sc5ccc(N(c7ccccc7)c7ccc(-c8ccccc8)cc7)cc56)cc34)cc2)cc1. The highest BCUT2D eigenvalue weighted by molar-refractivity contribution is 7.26. The van der Waals surface area contributed by atoms with Crippen molar-refractivity contribution in [1.82, 2.24) is 0 Å². The van der Waals surface area contributed by atoms with Crippen LogP contribution in [0.5, 0.6) is 0 Å². The molecule has 13 rings (SSSR count). The summed E-state index contributed by atoms with van der Waals surface area (Å²) in [4.78, 5) is 7.12. The molecule has 0 aliphatic carbocycles. The zero-order valence-electron chi connectivity index (χ0n) is 38.6. The predicted molar refractivity (Wildman–Crippen MR) is 307 cm³/mol. The molecule has 13 aromatic rings. The third kappa shape index (κ3) is 8.07. The van der Waals surface area contributed by atoms with Crippen molar-refractivity contribution in [2.75, 3.05) is 14.7 Å². The first-order valence-corrected chi connectivity index (χ1v) is 25.6. The summed E-state index contributed by atoms with van der Waals surface area (Å²) < 4.78 is 5.03. The van der Waals surface area contributed by atoms with Gasteiger partial charge < -0.3 is 14.7 Å². The molecular weight excluding hydrogens is 899 g/mol. The molecule has 71 heavy (non-hydrogen) atoms. The minimum atomic E-state index is 1.12. The van der Waals surface area contributed by atoms with Crippen molar-refractivity contribution < 1.29 is 0 Å². The first-order valence-electron chi connectivity index (χ1n) is 24.0. The topological polar surface area (TPSA) is 9.72 Å². The van der Waals surface area contributed by atoms with Crippen LogP contribution in [0.4, 0.5) is 51.2 Å². The van der Waals surface area contributed by atoms with Gasteiger partial charge in [-0.2, -0.15) is 0 Å². The molecule has 0 amide bonds. The average Bonchev–Trinajstić information content (AvgIpc) is 4.00. The van der Waals surface area contributed by atoms with E-state index in [4.69, 9.17) is 0 Å². The molecule has 336 valence electrons. The summed E-state index contributed by atoms with van der Waals surface area (Å²) in [6.45, 7) is 0. The molecule has 0 fully saturated rings. The van der Waals surface area contributed by atoms with Crippen LogP contribution in [-0.4, -0.2) is 0 Å². The van der Waals surface area contributed by atoms with Gasteiger partial charge in [0.1, 0.15) is 0 Å². The molecule has 0 spiro atoms. The van der Waals surface area contributed by atoms with Crippen LogP contribution in [0.1, 0.15) is 0 Å². The highest BCUT2D eigenvalue weighted by Crippen LogP contribution is 2.46. The number of hydrogen-bond acceptors (Lipinski definition) is 5. The number of rotatable bonds is 11. The Balaban J connectivity index is 0.862. The van der Waals surface area contributed by atoms with Gasteiger partial charge in [0.2, 0.25) is 0 Å². The van der Waals surface area contributed by atoms with E-state index in [9.17, 15) is 0 Å². The lowest BCUT2D eigenvalue weighted by Crippen LogP contribution is -2.09. The molecule has 0 aliphatic heterocycles. The summed E-state index contributed by atoms with van der Waals surface area (Å²) in [6.07, 6.45) is 0. The Morgan fingerprint density at radius 3 is 0.817 bits per heavy atom. The van der Waals surface area contributed by atoms with Gasteiger partial charge >= 0.3 is 0 Å². The second-order valence-corrected chi connectivity index (χ2v) is 19.9. The van der Waals surface area contributed by atoms with E-state index in [1.807, 2.05) is 22.7 Å². The maximum absolute atomic E-state index is 2.40. The first kappa shape index (κ1) is 42.4. The second kappa shape index (κ2) is 18.3. The summed E-state index contributed by atoms with van der Waals surface area (Å²) in [5.74, 6) is 0. The van der Waals surface area contributed by atoms with E-state index in [-0.39, 0.29) is 0 Å². The van der Waals surface area contributed by atoms with Crippen molar-refractivity contribution in [3.63, 3.8) is 0 Å². The van der Waals surface area contributed by atoms with E-state index in [2.05, 4.69) is 288 Å². The fourth-order valence-electron chi connectivity index (χ4n) is 10.0. The van der Waals surface area contributed by atoms with Gasteiger partial charge in [0, 0.05) is 91.5 Å². The summed E-state index contributed by atoms with van der Waals surface area (Å²) in [5.41, 5.74) is 14.9. The highest BCUT2D eigenvalue weighted by Gasteiger charge is 2.20. The zero-order valence-corrected chi connectivity index (χ0v) is 40.3. The largest absolute Gasteiger partial charge is 0.310 e. The van der Waals surface area contributed by atoms with Crippen molar-refractivity contribution in [1.29, 1.82) is 0 Å². The van der Waals surface area contributed by atoms with Crippen molar-refractivity contribution in [2.45, 2.75) is 0 Å². The minimum Gasteiger partial charge on any atom is -0.310 e. The lowest BCUT2D eigenvalue weighted by molar-refractivity contribution is 1.29. The molecule has 0 unspecified atom stereocenters. The number of benzene rings is 11. The molecule has 0 N–H and O–H groups in total. The summed E-state index contributed by atoms with van der Waals surface area (Å²) >= 11 is 3.71. The lowest BCUT2D eigenvalue weighted by atomic mass is 10.0. The van der Waals surface area contributed by atoms with Crippen LogP contribution in [0.2, 0.25) is 0 Å². The number of anilines is 9. The van der Waals surface area contributed by atoms with Gasteiger partial charge in [-0.3, -0.25) is 0 Å². The van der Waals surface area contributed by atoms with Crippen molar-refractivity contribution >= 4 is 114 Å². The summed E-state index contributed by atoms with van der Waals surface area (Å²) in [6, 6.07) is 98.9. The molecule has 2 aromatic heterocycles. The van der Waals surface area contributed by atoms with E-state index in [0.29, 0.717) is 0 Å². The molecule has 0 bridgehead atoms. The van der Waals surface area contributed by atoms with Crippen LogP contribution in [0.3, 0.4) is 0 Å². The summed E-state index contributed by atoms with van der Waals surface area (Å²) in [7, 11) is 0. The second-order valence-electron chi connectivity index (χ2n) is 17.8. The van der Waals surface area contributed by atoms with Crippen LogP contribution in [0.15, 0.2) is 273 Å². The minimum absolute atomic E-state index is 1.12. The Bertz CT molecular complexity index is 3970. The van der Waals surface area contributed by atoms with Gasteiger partial charge in [0.05, 0.1) is 0 Å². The molecule has 0 saturated carbocycles. The maximum atomic E-state index is 2.40. The van der Waals surface area contributed by atoms with Gasteiger partial charge in [-0.05, 0) is 144 Å². The number of thiophene rings is 2. The normalized spacial score (nSPS) is 11.4. The average molecular weight is 944 g/mol. The van der Waals surface area contributed by atoms with Crippen LogP contribution < -0.4 is 14.7 Å². The van der Waals surface area contributed by atoms with Gasteiger partial charge in [0.25, 0.3) is 0 Å². The number of hydrogen-bond donors (Lipinski definition) is 0. The Morgan fingerprint density at radius 2 is 0.451 bits per heavy atom. The number of nitrogens with zero attached hydrogens (tertiary/aromatic N) is 3. The molecule has 11 aromatic carbocycles. The number of para-hydroxylation sites is 3. The quantitative estimate of drug-likeness (QED) is 0.128. The fraction of sp³-hybridized carbons (Fsp3) is 0. The molecule has 0 aliphatic rings. The molecular formula is C66H45N3S2. The standard InChI is InChI=1S/C66H45N3S2/c1-6-16-46(17-7-1)48-26-30-53(31-27-48)67(50-20-10-3-11-21-50)55-36-40-63-61(42-55)60-39-35-58(45-66(60)71-63)69(52-24-14-5-15-25-52)56-37-41-64-62(43-56)59-38-34-57(44-65(59)70-64)68(51-22-12-4-13-23-51)54-32-28-49(29-33-54)47-18-8-2-9-19-47/h1-45H. The first-order chi connectivity index (χ1) is 35.2. The fourth-order valence-corrected chi connectivity index (χ4v) is 12.2. The molecule has 2 heterocycles. The van der Waals surface area contributed by atoms with Crippen LogP contribution in [0, 0.1) is 0 Å². The Kier molecular flexibility index (Phi) is 10.9.